The van der Waals surface area contributed by atoms with Gasteiger partial charge < -0.3 is 16.0 Å². The Bertz CT molecular complexity index is 607. The molecule has 1 saturated heterocycles. The van der Waals surface area contributed by atoms with Gasteiger partial charge in [-0.1, -0.05) is 0 Å². The van der Waals surface area contributed by atoms with Gasteiger partial charge in [-0.3, -0.25) is 19.7 Å². The molecule has 1 aromatic rings. The number of piperazine rings is 1. The van der Waals surface area contributed by atoms with Gasteiger partial charge in [-0.05, 0) is 6.07 Å². The number of nitro groups is 1. The van der Waals surface area contributed by atoms with E-state index in [0.717, 1.165) is 12.1 Å². The molecule has 0 radical (unpaired) electrons. The largest absolute Gasteiger partial charge is 0.368 e. The van der Waals surface area contributed by atoms with Crippen LogP contribution in [0.1, 0.15) is 10.4 Å². The van der Waals surface area contributed by atoms with E-state index < -0.39 is 34.3 Å². The van der Waals surface area contributed by atoms with Crippen LogP contribution in [0.2, 0.25) is 0 Å². The summed E-state index contributed by atoms with van der Waals surface area (Å²) in [6.07, 6.45) is 0. The molecule has 1 heterocycles. The van der Waals surface area contributed by atoms with Crippen LogP contribution in [0.3, 0.4) is 0 Å². The molecule has 0 bridgehead atoms. The molecule has 8 nitrogen and oxygen atoms in total. The van der Waals surface area contributed by atoms with Crippen molar-refractivity contribution in [1.29, 1.82) is 0 Å². The maximum Gasteiger partial charge on any atom is 0.272 e. The molecule has 1 fully saturated rings. The third-order valence-corrected chi connectivity index (χ3v) is 3.23. The van der Waals surface area contributed by atoms with Gasteiger partial charge >= 0.3 is 0 Å². The van der Waals surface area contributed by atoms with Crippen molar-refractivity contribution in [2.45, 2.75) is 6.04 Å². The van der Waals surface area contributed by atoms with Crippen molar-refractivity contribution in [3.8, 4) is 0 Å². The highest BCUT2D eigenvalue weighted by atomic mass is 19.1. The standard InChI is InChI=1S/C12H13FN4O4/c13-9-5-7(17(20)21)1-2-8(9)12(19)16-4-3-15-6-10(16)11(14)18/h1-2,5,10,15H,3-4,6H2,(H2,14,18). The number of nitrogens with one attached hydrogen (secondary N) is 1. The summed E-state index contributed by atoms with van der Waals surface area (Å²) >= 11 is 0. The highest BCUT2D eigenvalue weighted by molar-refractivity contribution is 5.98. The predicted molar refractivity (Wildman–Crippen MR) is 69.9 cm³/mol. The lowest BCUT2D eigenvalue weighted by atomic mass is 10.1. The van der Waals surface area contributed by atoms with E-state index in [1.807, 2.05) is 0 Å². The Morgan fingerprint density at radius 3 is 2.76 bits per heavy atom. The zero-order valence-corrected chi connectivity index (χ0v) is 10.9. The lowest BCUT2D eigenvalue weighted by Gasteiger charge is -2.34. The van der Waals surface area contributed by atoms with Crippen LogP contribution in [0.5, 0.6) is 0 Å². The number of nitrogens with zero attached hydrogens (tertiary/aromatic N) is 2. The fourth-order valence-electron chi connectivity index (χ4n) is 2.15. The van der Waals surface area contributed by atoms with Crippen LogP contribution in [0.4, 0.5) is 10.1 Å². The number of primary amides is 1. The average molecular weight is 296 g/mol. The first-order chi connectivity index (χ1) is 9.91. The molecule has 0 aromatic heterocycles. The quantitative estimate of drug-likeness (QED) is 0.583. The SMILES string of the molecule is NC(=O)C1CNCCN1C(=O)c1ccc([N+](=O)[O-])cc1F. The van der Waals surface area contributed by atoms with E-state index >= 15 is 0 Å². The van der Waals surface area contributed by atoms with Crippen LogP contribution >= 0.6 is 0 Å². The minimum atomic E-state index is -1.00. The number of non-ortho nitro benzene ring substituents is 1. The number of carbonyl (C=O) groups is 2. The summed E-state index contributed by atoms with van der Waals surface area (Å²) in [5, 5.41) is 13.5. The molecular weight excluding hydrogens is 283 g/mol. The number of amides is 2. The first-order valence-corrected chi connectivity index (χ1v) is 6.16. The first kappa shape index (κ1) is 14.9. The summed E-state index contributed by atoms with van der Waals surface area (Å²) in [7, 11) is 0. The van der Waals surface area contributed by atoms with E-state index in [4.69, 9.17) is 5.73 Å². The molecule has 1 aliphatic heterocycles. The number of hydrogen-bond acceptors (Lipinski definition) is 5. The summed E-state index contributed by atoms with van der Waals surface area (Å²) in [6.45, 7) is 0.836. The molecule has 1 unspecified atom stereocenters. The number of carbonyl (C=O) groups excluding carboxylic acids is 2. The molecule has 2 amide bonds. The maximum atomic E-state index is 13.9. The highest BCUT2D eigenvalue weighted by Crippen LogP contribution is 2.19. The van der Waals surface area contributed by atoms with Gasteiger partial charge in [0.15, 0.2) is 0 Å². The lowest BCUT2D eigenvalue weighted by Crippen LogP contribution is -2.58. The van der Waals surface area contributed by atoms with Crippen LogP contribution in [0.15, 0.2) is 18.2 Å². The monoisotopic (exact) mass is 296 g/mol. The van der Waals surface area contributed by atoms with E-state index in [1.54, 1.807) is 0 Å². The molecule has 112 valence electrons. The van der Waals surface area contributed by atoms with E-state index in [2.05, 4.69) is 5.32 Å². The summed E-state index contributed by atoms with van der Waals surface area (Å²) in [5.41, 5.74) is 4.45. The highest BCUT2D eigenvalue weighted by Gasteiger charge is 2.32. The zero-order chi connectivity index (χ0) is 15.6. The van der Waals surface area contributed by atoms with Crippen molar-refractivity contribution in [2.75, 3.05) is 19.6 Å². The van der Waals surface area contributed by atoms with Crippen molar-refractivity contribution in [3.05, 3.63) is 39.7 Å². The molecule has 21 heavy (non-hydrogen) atoms. The summed E-state index contributed by atoms with van der Waals surface area (Å²) in [5.74, 6) is -2.42. The molecular formula is C12H13FN4O4. The predicted octanol–water partition coefficient (Wildman–Crippen LogP) is -0.367. The van der Waals surface area contributed by atoms with Gasteiger partial charge in [0.05, 0.1) is 16.6 Å². The Kier molecular flexibility index (Phi) is 4.13. The second-order valence-corrected chi connectivity index (χ2v) is 4.54. The summed E-state index contributed by atoms with van der Waals surface area (Å²) < 4.78 is 13.9. The van der Waals surface area contributed by atoms with E-state index in [-0.39, 0.29) is 18.7 Å². The molecule has 0 saturated carbocycles. The van der Waals surface area contributed by atoms with Crippen LogP contribution in [-0.4, -0.2) is 47.3 Å². The van der Waals surface area contributed by atoms with Gasteiger partial charge in [0.25, 0.3) is 11.6 Å². The van der Waals surface area contributed by atoms with Crippen molar-refractivity contribution in [1.82, 2.24) is 10.2 Å². The minimum Gasteiger partial charge on any atom is -0.368 e. The molecule has 3 N–H and O–H groups in total. The molecule has 0 spiro atoms. The van der Waals surface area contributed by atoms with Crippen LogP contribution < -0.4 is 11.1 Å². The summed E-state index contributed by atoms with van der Waals surface area (Å²) in [4.78, 5) is 34.6. The van der Waals surface area contributed by atoms with Gasteiger partial charge in [-0.15, -0.1) is 0 Å². The fourth-order valence-corrected chi connectivity index (χ4v) is 2.15. The molecule has 2 rings (SSSR count). The number of benzene rings is 1. The van der Waals surface area contributed by atoms with Crippen molar-refractivity contribution >= 4 is 17.5 Å². The number of halogens is 1. The van der Waals surface area contributed by atoms with Gasteiger partial charge in [0.2, 0.25) is 5.91 Å². The number of nitro benzene ring substituents is 1. The topological polar surface area (TPSA) is 119 Å². The number of nitrogens with two attached hydrogens (primary N) is 1. The molecule has 9 heteroatoms. The normalized spacial score (nSPS) is 18.3. The van der Waals surface area contributed by atoms with Crippen LogP contribution in [0.25, 0.3) is 0 Å². The van der Waals surface area contributed by atoms with Crippen LogP contribution in [0, 0.1) is 15.9 Å². The Hall–Kier alpha value is -2.55. The first-order valence-electron chi connectivity index (χ1n) is 6.16. The van der Waals surface area contributed by atoms with E-state index in [1.165, 1.54) is 4.90 Å². The minimum absolute atomic E-state index is 0.190. The smallest absolute Gasteiger partial charge is 0.272 e. The Balaban J connectivity index is 2.30. The van der Waals surface area contributed by atoms with Crippen LogP contribution in [-0.2, 0) is 4.79 Å². The molecule has 1 aromatic carbocycles. The van der Waals surface area contributed by atoms with E-state index in [9.17, 15) is 24.1 Å². The van der Waals surface area contributed by atoms with Gasteiger partial charge in [-0.2, -0.15) is 0 Å². The molecule has 1 aliphatic rings. The number of hydrogen-bond donors (Lipinski definition) is 2. The maximum absolute atomic E-state index is 13.9. The fraction of sp³-hybridized carbons (Fsp3) is 0.333. The Labute approximate surface area is 118 Å². The second-order valence-electron chi connectivity index (χ2n) is 4.54. The van der Waals surface area contributed by atoms with Crippen molar-refractivity contribution < 1.29 is 18.9 Å². The lowest BCUT2D eigenvalue weighted by molar-refractivity contribution is -0.385. The zero-order valence-electron chi connectivity index (χ0n) is 10.9. The molecule has 0 aliphatic carbocycles. The van der Waals surface area contributed by atoms with Crippen molar-refractivity contribution in [3.63, 3.8) is 0 Å². The average Bonchev–Trinajstić information content (AvgIpc) is 2.46. The second kappa shape index (κ2) is 5.83. The summed E-state index contributed by atoms with van der Waals surface area (Å²) in [6, 6.07) is 1.88. The van der Waals surface area contributed by atoms with Gasteiger partial charge in [0.1, 0.15) is 11.9 Å². The third-order valence-electron chi connectivity index (χ3n) is 3.23. The number of rotatable bonds is 3. The third kappa shape index (κ3) is 2.97. The van der Waals surface area contributed by atoms with E-state index in [0.29, 0.717) is 12.6 Å². The van der Waals surface area contributed by atoms with Crippen molar-refractivity contribution in [2.24, 2.45) is 5.73 Å². The molecule has 1 atom stereocenters. The Morgan fingerprint density at radius 2 is 2.19 bits per heavy atom. The Morgan fingerprint density at radius 1 is 1.48 bits per heavy atom. The van der Waals surface area contributed by atoms with Gasteiger partial charge in [-0.25, -0.2) is 4.39 Å². The van der Waals surface area contributed by atoms with Gasteiger partial charge in [0, 0.05) is 25.7 Å².